The summed E-state index contributed by atoms with van der Waals surface area (Å²) in [6.07, 6.45) is 0. The highest BCUT2D eigenvalue weighted by Gasteiger charge is 0.836. The molecule has 0 saturated carbocycles. The monoisotopic (exact) mass is 143 g/mol. The van der Waals surface area contributed by atoms with Crippen molar-refractivity contribution >= 4 is 0 Å². The molecule has 0 bridgehead atoms. The Morgan fingerprint density at radius 3 is 0.444 bits per heavy atom. The van der Waals surface area contributed by atoms with Gasteiger partial charge in [0.2, 0.25) is 0 Å². The van der Waals surface area contributed by atoms with Crippen LogP contribution in [0.2, 0.25) is 0 Å². The van der Waals surface area contributed by atoms with Gasteiger partial charge >= 0.3 is 0 Å². The molecule has 0 fully saturated rings. The Hall–Kier alpha value is -0.0400. The smallest absolute Gasteiger partial charge is 0.0195 e. The van der Waals surface area contributed by atoms with Crippen molar-refractivity contribution in [3.8, 4) is 0 Å². The van der Waals surface area contributed by atoms with Gasteiger partial charge in [-0.25, -0.2) is 0 Å². The van der Waals surface area contributed by atoms with E-state index in [1.54, 1.807) is 0 Å². The van der Waals surface area contributed by atoms with Gasteiger partial charge in [0.15, 0.2) is 0 Å². The van der Waals surface area contributed by atoms with E-state index in [0.717, 1.165) is 0 Å². The Labute approximate surface area is 65.7 Å². The summed E-state index contributed by atoms with van der Waals surface area (Å²) in [5.41, 5.74) is 4.50. The Kier molecular flexibility index (Phi) is 16500000. The summed E-state index contributed by atoms with van der Waals surface area (Å²) in [4.78, 5) is 0. The number of hydrogen-bond donors (Lipinski definition) is 1. The molecule has 0 aromatic heterocycles. The SMILES string of the molecule is C.C.C.C.C.C.C.CN. The van der Waals surface area contributed by atoms with E-state index in [-0.39, 0.29) is 52.0 Å². The fourth-order valence-corrected chi connectivity index (χ4v) is 0. The van der Waals surface area contributed by atoms with Gasteiger partial charge in [0, 0.05) is 0 Å². The van der Waals surface area contributed by atoms with Crippen molar-refractivity contribution in [2.24, 2.45) is 5.73 Å². The van der Waals surface area contributed by atoms with Gasteiger partial charge in [-0.1, -0.05) is 52.0 Å². The van der Waals surface area contributed by atoms with Gasteiger partial charge < -0.3 is 5.73 Å². The molecule has 2 N–H and O–H groups in total. The molecule has 0 amide bonds. The summed E-state index contributed by atoms with van der Waals surface area (Å²) < 4.78 is 0. The first-order valence-corrected chi connectivity index (χ1v) is 0.577. The minimum absolute atomic E-state index is 0. The van der Waals surface area contributed by atoms with E-state index in [9.17, 15) is 0 Å². The van der Waals surface area contributed by atoms with Gasteiger partial charge in [0.1, 0.15) is 0 Å². The van der Waals surface area contributed by atoms with Crippen LogP contribution >= 0.6 is 0 Å². The fourth-order valence-electron chi connectivity index (χ4n) is 0. The lowest BCUT2D eigenvalue weighted by atomic mass is 11.6. The van der Waals surface area contributed by atoms with Gasteiger partial charge in [0.25, 0.3) is 0 Å². The molecule has 70 valence electrons. The Balaban J connectivity index is -0.000000000238. The predicted octanol–water partition coefficient (Wildman–Crippen LogP) is 4.03. The van der Waals surface area contributed by atoms with Gasteiger partial charge in [-0.05, 0) is 7.05 Å². The van der Waals surface area contributed by atoms with E-state index in [1.165, 1.54) is 7.05 Å². The summed E-state index contributed by atoms with van der Waals surface area (Å²) in [6.45, 7) is 0. The van der Waals surface area contributed by atoms with Crippen LogP contribution < -0.4 is 5.73 Å². The van der Waals surface area contributed by atoms with Crippen molar-refractivity contribution in [2.45, 2.75) is 52.0 Å². The van der Waals surface area contributed by atoms with Crippen molar-refractivity contribution in [1.82, 2.24) is 0 Å². The molecule has 0 aliphatic rings. The highest BCUT2D eigenvalue weighted by molar-refractivity contribution is 3.54. The van der Waals surface area contributed by atoms with Crippen molar-refractivity contribution in [3.63, 3.8) is 0 Å². The summed E-state index contributed by atoms with van der Waals surface area (Å²) >= 11 is 0. The quantitative estimate of drug-likeness (QED) is 0.544. The summed E-state index contributed by atoms with van der Waals surface area (Å²) in [5.74, 6) is 0. The normalized spacial score (nSPS) is 0.667. The molecule has 0 saturated heterocycles. The molecule has 1 heteroatoms. The maximum Gasteiger partial charge on any atom is -0.0195 e. The molecular formula is C8H33N. The highest BCUT2D eigenvalue weighted by atomic mass is 14.4. The second kappa shape index (κ2) is 241000. The summed E-state index contributed by atoms with van der Waals surface area (Å²) in [6, 6.07) is 0. The van der Waals surface area contributed by atoms with Gasteiger partial charge in [0.05, 0.1) is 0 Å². The van der Waals surface area contributed by atoms with Crippen molar-refractivity contribution < 1.29 is 0 Å². The third kappa shape index (κ3) is 177000. The van der Waals surface area contributed by atoms with E-state index in [2.05, 4.69) is 5.73 Å². The first kappa shape index (κ1) is 616. The zero-order valence-electron chi connectivity index (χ0n) is 1.58. The van der Waals surface area contributed by atoms with Crippen LogP contribution in [0.1, 0.15) is 52.0 Å². The van der Waals surface area contributed by atoms with Crippen molar-refractivity contribution in [3.05, 3.63) is 0 Å². The maximum absolute atomic E-state index is 4.50. The minimum atomic E-state index is 0. The van der Waals surface area contributed by atoms with Crippen LogP contribution in [0.25, 0.3) is 0 Å². The zero-order valence-corrected chi connectivity index (χ0v) is 1.58. The number of nitrogens with two attached hydrogens (primary N) is 1. The van der Waals surface area contributed by atoms with Crippen LogP contribution in [0.3, 0.4) is 0 Å². The lowest BCUT2D eigenvalue weighted by Crippen LogP contribution is -1.69. The van der Waals surface area contributed by atoms with Crippen LogP contribution in [0, 0.1) is 0 Å². The number of rotatable bonds is 0. The molecule has 0 aliphatic carbocycles. The van der Waals surface area contributed by atoms with Crippen molar-refractivity contribution in [1.29, 1.82) is 0 Å². The summed E-state index contributed by atoms with van der Waals surface area (Å²) in [7, 11) is 1.50. The first-order chi connectivity index (χ1) is 1.00. The topological polar surface area (TPSA) is 26.0 Å². The molecule has 0 spiro atoms. The average Bonchev–Trinajstić information content (AvgIpc) is 1.00. The zero-order chi connectivity index (χ0) is 2.00. The molecule has 0 heterocycles. The minimum Gasteiger partial charge on any atom is -0.333 e. The third-order valence-corrected chi connectivity index (χ3v) is 0. The van der Waals surface area contributed by atoms with Gasteiger partial charge in [-0.15, -0.1) is 0 Å². The van der Waals surface area contributed by atoms with Crippen LogP contribution in [-0.2, 0) is 0 Å². The molecule has 0 aromatic carbocycles. The average molecular weight is 143 g/mol. The molecule has 0 radical (unpaired) electrons. The van der Waals surface area contributed by atoms with Crippen LogP contribution in [-0.4, -0.2) is 7.05 Å². The van der Waals surface area contributed by atoms with Crippen molar-refractivity contribution in [2.75, 3.05) is 7.05 Å². The highest BCUT2D eigenvalue weighted by Crippen LogP contribution is 0.469. The first-order valence-electron chi connectivity index (χ1n) is 0.577. The second-order valence-corrected chi connectivity index (χ2v) is 0. The lowest BCUT2D eigenvalue weighted by Gasteiger charge is -1.19. The summed E-state index contributed by atoms with van der Waals surface area (Å²) in [5, 5.41) is 0. The molecule has 9 heavy (non-hydrogen) atoms. The molecule has 1 nitrogen and oxygen atoms in total. The Morgan fingerprint density at radius 2 is 0.444 bits per heavy atom. The molecule has 0 unspecified atom stereocenters. The van der Waals surface area contributed by atoms with E-state index in [0.29, 0.717) is 0 Å². The predicted molar refractivity (Wildman–Crippen MR) is 57.2 cm³/mol. The van der Waals surface area contributed by atoms with Gasteiger partial charge in [-0.3, -0.25) is 0 Å². The lowest BCUT2D eigenvalue weighted by molar-refractivity contribution is 1.48. The van der Waals surface area contributed by atoms with Gasteiger partial charge in [-0.2, -0.15) is 0 Å². The largest absolute Gasteiger partial charge is 0.333 e. The maximum atomic E-state index is 4.50. The Bertz CT molecular complexity index is 4.53. The van der Waals surface area contributed by atoms with E-state index >= 15 is 0 Å². The standard InChI is InChI=1S/CH5N.7CH4/c1-2;;;;;;;/h2H2,1H3;7*1H4. The second-order valence-electron chi connectivity index (χ2n) is 0. The molecule has 0 aliphatic heterocycles. The van der Waals surface area contributed by atoms with Crippen LogP contribution in [0.4, 0.5) is 0 Å². The van der Waals surface area contributed by atoms with Crippen LogP contribution in [0.5, 0.6) is 0 Å². The Morgan fingerprint density at radius 1 is 0.444 bits per heavy atom. The van der Waals surface area contributed by atoms with Crippen LogP contribution in [0.15, 0.2) is 0 Å². The fraction of sp³-hybridized carbons (Fsp3) is 1.00. The van der Waals surface area contributed by atoms with E-state index in [1.807, 2.05) is 0 Å². The third-order valence-electron chi connectivity index (χ3n) is 0. The molecular weight excluding hydrogens is 110 g/mol. The molecule has 0 atom stereocenters. The molecule has 0 rings (SSSR count). The van der Waals surface area contributed by atoms with E-state index in [4.69, 9.17) is 0 Å². The molecule has 0 aromatic rings. The van der Waals surface area contributed by atoms with E-state index < -0.39 is 0 Å². The number of hydrogen-bond acceptors (Lipinski definition) is 1.